The molecule has 30 heavy (non-hydrogen) atoms. The average Bonchev–Trinajstić information content (AvgIpc) is 3.08. The van der Waals surface area contributed by atoms with Crippen LogP contribution in [-0.4, -0.2) is 37.8 Å². The van der Waals surface area contributed by atoms with Gasteiger partial charge in [0, 0.05) is 23.1 Å². The predicted octanol–water partition coefficient (Wildman–Crippen LogP) is 3.11. The first-order valence-electron chi connectivity index (χ1n) is 9.73. The summed E-state index contributed by atoms with van der Waals surface area (Å²) in [5, 5.41) is 13.0. The molecule has 0 radical (unpaired) electrons. The molecule has 0 bridgehead atoms. The maximum absolute atomic E-state index is 6.16. The van der Waals surface area contributed by atoms with Gasteiger partial charge >= 0.3 is 0 Å². The molecular weight excluding hydrogens is 400 g/mol. The van der Waals surface area contributed by atoms with Crippen LogP contribution in [0, 0.1) is 6.92 Å². The number of hydrogen-bond acceptors (Lipinski definition) is 7. The number of dihydropyridines is 1. The normalized spacial score (nSPS) is 18.0. The van der Waals surface area contributed by atoms with Crippen LogP contribution < -0.4 is 16.0 Å². The van der Waals surface area contributed by atoms with Crippen LogP contribution in [0.3, 0.4) is 0 Å². The molecule has 4 heterocycles. The zero-order chi connectivity index (χ0) is 20.8. The SMILES string of the molecule is Cc1nnc2n1-c1ccc(-c3cnc(N)cn3)cc1N(C1=CC=C(Cl)CN1)C[C@H]2C. The molecule has 8 nitrogen and oxygen atoms in total. The summed E-state index contributed by atoms with van der Waals surface area (Å²) in [5.74, 6) is 3.36. The Morgan fingerprint density at radius 3 is 2.73 bits per heavy atom. The van der Waals surface area contributed by atoms with Gasteiger partial charge in [-0.05, 0) is 31.2 Å². The van der Waals surface area contributed by atoms with Crippen molar-refractivity contribution in [2.24, 2.45) is 0 Å². The number of anilines is 2. The molecule has 2 aliphatic rings. The van der Waals surface area contributed by atoms with Gasteiger partial charge in [-0.1, -0.05) is 24.6 Å². The largest absolute Gasteiger partial charge is 0.382 e. The van der Waals surface area contributed by atoms with E-state index < -0.39 is 0 Å². The zero-order valence-corrected chi connectivity index (χ0v) is 17.4. The Kier molecular flexibility index (Phi) is 4.43. The van der Waals surface area contributed by atoms with Crippen molar-refractivity contribution in [1.29, 1.82) is 0 Å². The predicted molar refractivity (Wildman–Crippen MR) is 117 cm³/mol. The van der Waals surface area contributed by atoms with Gasteiger partial charge < -0.3 is 16.0 Å². The highest BCUT2D eigenvalue weighted by atomic mass is 35.5. The van der Waals surface area contributed by atoms with Crippen molar-refractivity contribution in [2.45, 2.75) is 19.8 Å². The molecule has 0 spiro atoms. The highest BCUT2D eigenvalue weighted by molar-refractivity contribution is 6.30. The molecule has 0 amide bonds. The molecule has 9 heteroatoms. The molecule has 1 atom stereocenters. The Morgan fingerprint density at radius 1 is 1.13 bits per heavy atom. The number of nitrogens with zero attached hydrogens (tertiary/aromatic N) is 6. The Balaban J connectivity index is 1.71. The lowest BCUT2D eigenvalue weighted by Crippen LogP contribution is -2.36. The molecule has 0 unspecified atom stereocenters. The third-order valence-corrected chi connectivity index (χ3v) is 5.63. The van der Waals surface area contributed by atoms with E-state index in [9.17, 15) is 0 Å². The quantitative estimate of drug-likeness (QED) is 0.657. The van der Waals surface area contributed by atoms with E-state index in [1.54, 1.807) is 12.4 Å². The monoisotopic (exact) mass is 420 g/mol. The summed E-state index contributed by atoms with van der Waals surface area (Å²) in [6, 6.07) is 6.24. The highest BCUT2D eigenvalue weighted by Crippen LogP contribution is 2.38. The van der Waals surface area contributed by atoms with Crippen LogP contribution in [-0.2, 0) is 0 Å². The molecule has 0 aliphatic carbocycles. The number of allylic oxidation sites excluding steroid dienone is 2. The Morgan fingerprint density at radius 2 is 2.00 bits per heavy atom. The number of fused-ring (bicyclic) bond motifs is 3. The van der Waals surface area contributed by atoms with Gasteiger partial charge in [0.15, 0.2) is 0 Å². The molecule has 0 saturated heterocycles. The fourth-order valence-corrected chi connectivity index (χ4v) is 4.03. The third kappa shape index (κ3) is 3.09. The lowest BCUT2D eigenvalue weighted by Gasteiger charge is -2.31. The van der Waals surface area contributed by atoms with E-state index in [0.29, 0.717) is 12.4 Å². The van der Waals surface area contributed by atoms with Crippen LogP contribution in [0.5, 0.6) is 0 Å². The van der Waals surface area contributed by atoms with Crippen LogP contribution >= 0.6 is 11.6 Å². The molecule has 0 fully saturated rings. The van der Waals surface area contributed by atoms with Gasteiger partial charge in [-0.2, -0.15) is 0 Å². The van der Waals surface area contributed by atoms with Crippen molar-refractivity contribution < 1.29 is 0 Å². The minimum absolute atomic E-state index is 0.169. The van der Waals surface area contributed by atoms with Crippen molar-refractivity contribution in [2.75, 3.05) is 23.7 Å². The van der Waals surface area contributed by atoms with Gasteiger partial charge in [0.25, 0.3) is 0 Å². The first-order chi connectivity index (χ1) is 14.5. The molecule has 3 N–H and O–H groups in total. The van der Waals surface area contributed by atoms with E-state index in [1.807, 2.05) is 25.1 Å². The minimum Gasteiger partial charge on any atom is -0.382 e. The van der Waals surface area contributed by atoms with E-state index >= 15 is 0 Å². The maximum atomic E-state index is 6.16. The summed E-state index contributed by atoms with van der Waals surface area (Å²) in [6.45, 7) is 5.48. The standard InChI is InChI=1S/C21H21ClN8/c1-12-11-29(20-6-4-15(22)8-26-20)18-7-14(16-9-25-19(23)10-24-16)3-5-17(18)30-13(2)27-28-21(12)30/h3-7,9-10,12,26H,8,11H2,1-2H3,(H2,23,25)/t12-/m1/s1. The van der Waals surface area contributed by atoms with Crippen LogP contribution in [0.15, 0.2) is 53.6 Å². The number of aryl methyl sites for hydroxylation is 1. The summed E-state index contributed by atoms with van der Waals surface area (Å²) < 4.78 is 2.13. The number of halogens is 1. The smallest absolute Gasteiger partial charge is 0.142 e. The first kappa shape index (κ1) is 18.6. The molecule has 152 valence electrons. The van der Waals surface area contributed by atoms with Gasteiger partial charge in [-0.15, -0.1) is 10.2 Å². The molecule has 5 rings (SSSR count). The van der Waals surface area contributed by atoms with Crippen molar-refractivity contribution in [3.8, 4) is 16.9 Å². The van der Waals surface area contributed by atoms with Crippen molar-refractivity contribution in [1.82, 2.24) is 30.0 Å². The van der Waals surface area contributed by atoms with Gasteiger partial charge in [-0.3, -0.25) is 9.55 Å². The Bertz CT molecular complexity index is 1180. The first-order valence-corrected chi connectivity index (χ1v) is 10.1. The number of nitrogens with two attached hydrogens (primary N) is 1. The number of rotatable bonds is 2. The third-order valence-electron chi connectivity index (χ3n) is 5.37. The Hall–Kier alpha value is -3.39. The lowest BCUT2D eigenvalue weighted by molar-refractivity contribution is 0.665. The zero-order valence-electron chi connectivity index (χ0n) is 16.7. The number of aromatic nitrogens is 5. The fraction of sp³-hybridized carbons (Fsp3) is 0.238. The maximum Gasteiger partial charge on any atom is 0.142 e. The molecular formula is C21H21ClN8. The number of benzene rings is 1. The minimum atomic E-state index is 0.169. The van der Waals surface area contributed by atoms with E-state index in [1.165, 1.54) is 0 Å². The van der Waals surface area contributed by atoms with Crippen LogP contribution in [0.1, 0.15) is 24.5 Å². The highest BCUT2D eigenvalue weighted by Gasteiger charge is 2.29. The summed E-state index contributed by atoms with van der Waals surface area (Å²) in [7, 11) is 0. The van der Waals surface area contributed by atoms with Crippen molar-refractivity contribution in [3.05, 3.63) is 65.2 Å². The lowest BCUT2D eigenvalue weighted by atomic mass is 10.1. The van der Waals surface area contributed by atoms with Crippen LogP contribution in [0.2, 0.25) is 0 Å². The Labute approximate surface area is 179 Å². The van der Waals surface area contributed by atoms with Crippen LogP contribution in [0.4, 0.5) is 11.5 Å². The van der Waals surface area contributed by atoms with E-state index in [-0.39, 0.29) is 5.92 Å². The molecule has 0 saturated carbocycles. The molecule has 3 aromatic rings. The number of nitrogen functional groups attached to an aromatic ring is 1. The van der Waals surface area contributed by atoms with Gasteiger partial charge in [-0.25, -0.2) is 4.98 Å². The second kappa shape index (κ2) is 7.14. The summed E-state index contributed by atoms with van der Waals surface area (Å²) in [6.07, 6.45) is 7.21. The summed E-state index contributed by atoms with van der Waals surface area (Å²) >= 11 is 6.16. The van der Waals surface area contributed by atoms with E-state index in [4.69, 9.17) is 17.3 Å². The summed E-state index contributed by atoms with van der Waals surface area (Å²) in [4.78, 5) is 10.9. The topological polar surface area (TPSA) is 97.8 Å². The number of hydrogen-bond donors (Lipinski definition) is 2. The van der Waals surface area contributed by atoms with Gasteiger partial charge in [0.1, 0.15) is 23.3 Å². The van der Waals surface area contributed by atoms with E-state index in [2.05, 4.69) is 54.0 Å². The summed E-state index contributed by atoms with van der Waals surface area (Å²) in [5.41, 5.74) is 9.48. The molecule has 1 aromatic carbocycles. The second-order valence-corrected chi connectivity index (χ2v) is 7.99. The van der Waals surface area contributed by atoms with Gasteiger partial charge in [0.2, 0.25) is 0 Å². The van der Waals surface area contributed by atoms with Crippen molar-refractivity contribution >= 4 is 23.1 Å². The fourth-order valence-electron chi connectivity index (χ4n) is 3.90. The second-order valence-electron chi connectivity index (χ2n) is 7.50. The number of nitrogens with one attached hydrogen (secondary N) is 1. The van der Waals surface area contributed by atoms with Gasteiger partial charge in [0.05, 0.1) is 36.0 Å². The average molecular weight is 421 g/mol. The molecule has 2 aromatic heterocycles. The van der Waals surface area contributed by atoms with Crippen LogP contribution in [0.25, 0.3) is 16.9 Å². The van der Waals surface area contributed by atoms with E-state index in [0.717, 1.165) is 51.7 Å². The van der Waals surface area contributed by atoms with Crippen molar-refractivity contribution in [3.63, 3.8) is 0 Å². The molecule has 2 aliphatic heterocycles.